The second kappa shape index (κ2) is 6.98. The van der Waals surface area contributed by atoms with Crippen molar-refractivity contribution in [1.29, 1.82) is 0 Å². The van der Waals surface area contributed by atoms with Gasteiger partial charge in [-0.15, -0.1) is 0 Å². The summed E-state index contributed by atoms with van der Waals surface area (Å²) < 4.78 is 1.17. The molecule has 1 N–H and O–H groups in total. The molecule has 1 aromatic carbocycles. The van der Waals surface area contributed by atoms with E-state index in [-0.39, 0.29) is 0 Å². The van der Waals surface area contributed by atoms with E-state index in [2.05, 4.69) is 52.2 Å². The summed E-state index contributed by atoms with van der Waals surface area (Å²) in [6, 6.07) is 6.45. The maximum absolute atomic E-state index is 3.55. The van der Waals surface area contributed by atoms with Crippen molar-refractivity contribution in [3.63, 3.8) is 0 Å². The number of hydrogen-bond donors (Lipinski definition) is 1. The first-order valence-corrected chi connectivity index (χ1v) is 7.86. The molecule has 0 saturated heterocycles. The Morgan fingerprint density at radius 3 is 2.67 bits per heavy atom. The van der Waals surface area contributed by atoms with Gasteiger partial charge in [-0.1, -0.05) is 55.0 Å². The van der Waals surface area contributed by atoms with Crippen LogP contribution in [0.2, 0.25) is 0 Å². The number of aromatic amines is 1. The van der Waals surface area contributed by atoms with Crippen LogP contribution in [0.15, 0.2) is 28.9 Å². The smallest absolute Gasteiger partial charge is 0.0457 e. The zero-order valence-corrected chi connectivity index (χ0v) is 12.7. The quantitative estimate of drug-likeness (QED) is 0.619. The first-order valence-electron chi connectivity index (χ1n) is 7.07. The van der Waals surface area contributed by atoms with Gasteiger partial charge in [-0.05, 0) is 36.6 Å². The molecule has 2 heteroatoms. The number of aromatic nitrogens is 1. The second-order valence-corrected chi connectivity index (χ2v) is 5.94. The van der Waals surface area contributed by atoms with E-state index < -0.39 is 0 Å². The third-order valence-corrected chi connectivity index (χ3v) is 4.02. The van der Waals surface area contributed by atoms with Gasteiger partial charge in [0.05, 0.1) is 0 Å². The van der Waals surface area contributed by atoms with Crippen molar-refractivity contribution in [3.8, 4) is 0 Å². The molecule has 98 valence electrons. The van der Waals surface area contributed by atoms with Crippen LogP contribution in [0.3, 0.4) is 0 Å². The molecule has 1 nitrogen and oxygen atoms in total. The molecule has 0 amide bonds. The zero-order valence-electron chi connectivity index (χ0n) is 11.1. The van der Waals surface area contributed by atoms with E-state index in [0.717, 1.165) is 0 Å². The average molecular weight is 308 g/mol. The average Bonchev–Trinajstić information content (AvgIpc) is 2.76. The number of hydrogen-bond acceptors (Lipinski definition) is 0. The van der Waals surface area contributed by atoms with Gasteiger partial charge in [0.2, 0.25) is 0 Å². The molecule has 0 aliphatic carbocycles. The Morgan fingerprint density at radius 1 is 1.06 bits per heavy atom. The minimum Gasteiger partial charge on any atom is -0.361 e. The predicted molar refractivity (Wildman–Crippen MR) is 83.1 cm³/mol. The predicted octanol–water partition coefficient (Wildman–Crippen LogP) is 5.83. The Morgan fingerprint density at radius 2 is 1.83 bits per heavy atom. The molecule has 2 rings (SSSR count). The lowest BCUT2D eigenvalue weighted by Gasteiger charge is -2.01. The monoisotopic (exact) mass is 307 g/mol. The van der Waals surface area contributed by atoms with Crippen LogP contribution in [-0.2, 0) is 6.42 Å². The third kappa shape index (κ3) is 3.61. The molecule has 0 fully saturated rings. The van der Waals surface area contributed by atoms with Crippen molar-refractivity contribution in [2.45, 2.75) is 51.9 Å². The molecule has 0 bridgehead atoms. The first-order chi connectivity index (χ1) is 8.81. The molecule has 18 heavy (non-hydrogen) atoms. The summed E-state index contributed by atoms with van der Waals surface area (Å²) in [6.45, 7) is 2.27. The third-order valence-electron chi connectivity index (χ3n) is 3.53. The number of halogens is 1. The van der Waals surface area contributed by atoms with Gasteiger partial charge in [0.1, 0.15) is 0 Å². The maximum Gasteiger partial charge on any atom is 0.0457 e. The van der Waals surface area contributed by atoms with Gasteiger partial charge in [0.15, 0.2) is 0 Å². The molecule has 0 aliphatic heterocycles. The van der Waals surface area contributed by atoms with Crippen LogP contribution in [0.25, 0.3) is 10.9 Å². The number of rotatable bonds is 7. The number of fused-ring (bicyclic) bond motifs is 1. The fourth-order valence-electron chi connectivity index (χ4n) is 2.45. The van der Waals surface area contributed by atoms with Crippen molar-refractivity contribution < 1.29 is 0 Å². The minimum atomic E-state index is 1.17. The van der Waals surface area contributed by atoms with Gasteiger partial charge in [-0.2, -0.15) is 0 Å². The number of H-pyrrole nitrogens is 1. The maximum atomic E-state index is 3.55. The van der Waals surface area contributed by atoms with Gasteiger partial charge < -0.3 is 4.98 Å². The van der Waals surface area contributed by atoms with E-state index in [9.17, 15) is 0 Å². The summed E-state index contributed by atoms with van der Waals surface area (Å²) in [6.07, 6.45) is 11.5. The SMILES string of the molecule is CCCCCCCCc1c[nH]c2ccc(Br)cc12. The van der Waals surface area contributed by atoms with Gasteiger partial charge in [-0.25, -0.2) is 0 Å². The molecule has 0 unspecified atom stereocenters. The molecule has 0 aliphatic rings. The topological polar surface area (TPSA) is 15.8 Å². The summed E-state index contributed by atoms with van der Waals surface area (Å²) in [5.74, 6) is 0. The summed E-state index contributed by atoms with van der Waals surface area (Å²) in [5, 5.41) is 1.37. The van der Waals surface area contributed by atoms with E-state index in [1.54, 1.807) is 0 Å². The van der Waals surface area contributed by atoms with Crippen molar-refractivity contribution >= 4 is 26.8 Å². The molecule has 1 heterocycles. The minimum absolute atomic E-state index is 1.17. The number of unbranched alkanes of at least 4 members (excludes halogenated alkanes) is 5. The van der Waals surface area contributed by atoms with Crippen LogP contribution >= 0.6 is 15.9 Å². The largest absolute Gasteiger partial charge is 0.361 e. The van der Waals surface area contributed by atoms with E-state index >= 15 is 0 Å². The molecule has 1 aromatic heterocycles. The lowest BCUT2D eigenvalue weighted by atomic mass is 10.0. The van der Waals surface area contributed by atoms with Gasteiger partial charge >= 0.3 is 0 Å². The van der Waals surface area contributed by atoms with Crippen molar-refractivity contribution in [2.75, 3.05) is 0 Å². The Kier molecular flexibility index (Phi) is 5.30. The Bertz CT molecular complexity index is 487. The van der Waals surface area contributed by atoms with Crippen molar-refractivity contribution in [2.24, 2.45) is 0 Å². The number of nitrogens with one attached hydrogen (secondary N) is 1. The van der Waals surface area contributed by atoms with Crippen LogP contribution in [0.5, 0.6) is 0 Å². The van der Waals surface area contributed by atoms with Crippen LogP contribution in [0.1, 0.15) is 51.0 Å². The lowest BCUT2D eigenvalue weighted by molar-refractivity contribution is 0.608. The molecular weight excluding hydrogens is 286 g/mol. The fourth-order valence-corrected chi connectivity index (χ4v) is 2.81. The molecule has 0 saturated carbocycles. The fraction of sp³-hybridized carbons (Fsp3) is 0.500. The number of benzene rings is 1. The highest BCUT2D eigenvalue weighted by Crippen LogP contribution is 2.24. The zero-order chi connectivity index (χ0) is 12.8. The highest BCUT2D eigenvalue weighted by atomic mass is 79.9. The summed E-state index contributed by atoms with van der Waals surface area (Å²) in [4.78, 5) is 3.36. The Hall–Kier alpha value is -0.760. The molecule has 0 radical (unpaired) electrons. The van der Waals surface area contributed by atoms with Gasteiger partial charge in [-0.3, -0.25) is 0 Å². The van der Waals surface area contributed by atoms with Crippen LogP contribution in [-0.4, -0.2) is 4.98 Å². The normalized spacial score (nSPS) is 11.2. The molecule has 0 spiro atoms. The van der Waals surface area contributed by atoms with Gasteiger partial charge in [0.25, 0.3) is 0 Å². The van der Waals surface area contributed by atoms with Crippen molar-refractivity contribution in [1.82, 2.24) is 4.98 Å². The van der Waals surface area contributed by atoms with Crippen LogP contribution < -0.4 is 0 Å². The molecular formula is C16H22BrN. The summed E-state index contributed by atoms with van der Waals surface area (Å²) in [5.41, 5.74) is 2.71. The summed E-state index contributed by atoms with van der Waals surface area (Å²) in [7, 11) is 0. The van der Waals surface area contributed by atoms with E-state index in [4.69, 9.17) is 0 Å². The van der Waals surface area contributed by atoms with E-state index in [0.29, 0.717) is 0 Å². The molecule has 2 aromatic rings. The van der Waals surface area contributed by atoms with E-state index in [1.165, 1.54) is 65.9 Å². The number of aryl methyl sites for hydroxylation is 1. The van der Waals surface area contributed by atoms with Crippen LogP contribution in [0.4, 0.5) is 0 Å². The standard InChI is InChI=1S/C16H22BrN/c1-2-3-4-5-6-7-8-13-12-18-16-10-9-14(17)11-15(13)16/h9-12,18H,2-8H2,1H3. The van der Waals surface area contributed by atoms with Gasteiger partial charge in [0, 0.05) is 21.6 Å². The molecule has 0 atom stereocenters. The summed E-state index contributed by atoms with van der Waals surface area (Å²) >= 11 is 3.55. The van der Waals surface area contributed by atoms with Crippen molar-refractivity contribution in [3.05, 3.63) is 34.4 Å². The first kappa shape index (κ1) is 13.7. The van der Waals surface area contributed by atoms with Crippen LogP contribution in [0, 0.1) is 0 Å². The van der Waals surface area contributed by atoms with E-state index in [1.807, 2.05) is 0 Å². The Balaban J connectivity index is 1.86. The highest BCUT2D eigenvalue weighted by Gasteiger charge is 2.03. The highest BCUT2D eigenvalue weighted by molar-refractivity contribution is 9.10. The Labute approximate surface area is 118 Å². The lowest BCUT2D eigenvalue weighted by Crippen LogP contribution is -1.85. The second-order valence-electron chi connectivity index (χ2n) is 5.02.